The third-order valence-corrected chi connectivity index (χ3v) is 3.27. The van der Waals surface area contributed by atoms with E-state index in [0.717, 1.165) is 12.2 Å². The van der Waals surface area contributed by atoms with Crippen molar-refractivity contribution in [1.29, 1.82) is 0 Å². The van der Waals surface area contributed by atoms with E-state index in [1.165, 1.54) is 4.90 Å². The zero-order valence-electron chi connectivity index (χ0n) is 11.8. The van der Waals surface area contributed by atoms with E-state index < -0.39 is 11.5 Å². The maximum Gasteiger partial charge on any atom is 0.323 e. The first-order valence-corrected chi connectivity index (χ1v) is 7.40. The fraction of sp³-hybridized carbons (Fsp3) is 0.833. The van der Waals surface area contributed by atoms with Gasteiger partial charge in [-0.1, -0.05) is 6.92 Å². The monoisotopic (exact) mass is 276 g/mol. The molecule has 0 heterocycles. The molecule has 0 radical (unpaired) electrons. The number of nitrogens with one attached hydrogen (secondary N) is 1. The Labute approximate surface area is 113 Å². The second kappa shape index (κ2) is 7.51. The topological polar surface area (TPSA) is 69.6 Å². The van der Waals surface area contributed by atoms with Gasteiger partial charge in [0, 0.05) is 17.3 Å². The molecular formula is C12H24N2O3S. The fourth-order valence-electron chi connectivity index (χ4n) is 1.46. The van der Waals surface area contributed by atoms with Gasteiger partial charge in [0.1, 0.15) is 6.54 Å². The molecule has 0 bridgehead atoms. The zero-order valence-corrected chi connectivity index (χ0v) is 12.6. The minimum atomic E-state index is -1.00. The molecule has 0 aromatic carbocycles. The summed E-state index contributed by atoms with van der Waals surface area (Å²) >= 11 is 1.66. The second-order valence-corrected chi connectivity index (χ2v) is 6.07. The predicted octanol–water partition coefficient (Wildman–Crippen LogP) is 2.02. The number of hydrogen-bond donors (Lipinski definition) is 2. The molecule has 0 aliphatic rings. The van der Waals surface area contributed by atoms with Crippen LogP contribution >= 0.6 is 11.8 Å². The van der Waals surface area contributed by atoms with Crippen LogP contribution in [-0.4, -0.2) is 52.1 Å². The molecule has 0 spiro atoms. The van der Waals surface area contributed by atoms with Crippen LogP contribution < -0.4 is 5.32 Å². The van der Waals surface area contributed by atoms with Gasteiger partial charge in [-0.2, -0.15) is 11.8 Å². The lowest BCUT2D eigenvalue weighted by atomic mass is 10.1. The lowest BCUT2D eigenvalue weighted by molar-refractivity contribution is -0.138. The van der Waals surface area contributed by atoms with Crippen LogP contribution in [-0.2, 0) is 4.79 Å². The van der Waals surface area contributed by atoms with Crippen molar-refractivity contribution in [3.8, 4) is 0 Å². The fourth-order valence-corrected chi connectivity index (χ4v) is 2.19. The molecule has 0 aliphatic carbocycles. The van der Waals surface area contributed by atoms with Gasteiger partial charge in [-0.3, -0.25) is 4.79 Å². The highest BCUT2D eigenvalue weighted by Gasteiger charge is 2.29. The minimum Gasteiger partial charge on any atom is -0.480 e. The Hall–Kier alpha value is -0.910. The van der Waals surface area contributed by atoms with E-state index >= 15 is 0 Å². The number of rotatable bonds is 6. The van der Waals surface area contributed by atoms with Crippen molar-refractivity contribution in [3.63, 3.8) is 0 Å². The molecule has 0 rings (SSSR count). The highest BCUT2D eigenvalue weighted by molar-refractivity contribution is 7.98. The highest BCUT2D eigenvalue weighted by Crippen LogP contribution is 2.14. The lowest BCUT2D eigenvalue weighted by Gasteiger charge is -2.35. The predicted molar refractivity (Wildman–Crippen MR) is 75.1 cm³/mol. The number of carbonyl (C=O) groups is 2. The van der Waals surface area contributed by atoms with Gasteiger partial charge in [-0.25, -0.2) is 4.79 Å². The summed E-state index contributed by atoms with van der Waals surface area (Å²) in [6.45, 7) is 7.19. The number of amides is 2. The number of nitrogens with zero attached hydrogens (tertiary/aromatic N) is 1. The average Bonchev–Trinajstić information content (AvgIpc) is 2.23. The number of carboxylic acid groups (broad SMARTS) is 1. The third kappa shape index (κ3) is 6.14. The second-order valence-electron chi connectivity index (χ2n) is 5.16. The molecule has 5 nitrogen and oxygen atoms in total. The van der Waals surface area contributed by atoms with E-state index in [2.05, 4.69) is 5.32 Å². The number of carboxylic acids is 1. The number of aliphatic carboxylic acids is 1. The molecule has 0 aromatic heterocycles. The SMILES string of the molecule is CCC(CSC)NC(=O)N(CC(=O)O)C(C)(C)C. The summed E-state index contributed by atoms with van der Waals surface area (Å²) in [4.78, 5) is 24.3. The maximum absolute atomic E-state index is 12.1. The summed E-state index contributed by atoms with van der Waals surface area (Å²) in [6.07, 6.45) is 2.81. The van der Waals surface area contributed by atoms with Crippen molar-refractivity contribution in [2.75, 3.05) is 18.6 Å². The van der Waals surface area contributed by atoms with Gasteiger partial charge in [-0.15, -0.1) is 0 Å². The van der Waals surface area contributed by atoms with Gasteiger partial charge in [0.2, 0.25) is 0 Å². The first kappa shape index (κ1) is 17.1. The lowest BCUT2D eigenvalue weighted by Crippen LogP contribution is -2.54. The molecule has 0 saturated carbocycles. The number of hydrogen-bond acceptors (Lipinski definition) is 3. The van der Waals surface area contributed by atoms with Crippen LogP contribution in [0, 0.1) is 0 Å². The van der Waals surface area contributed by atoms with Crippen molar-refractivity contribution in [2.24, 2.45) is 0 Å². The van der Waals surface area contributed by atoms with Gasteiger partial charge in [-0.05, 0) is 33.4 Å². The van der Waals surface area contributed by atoms with Crippen molar-refractivity contribution in [3.05, 3.63) is 0 Å². The molecule has 2 amide bonds. The van der Waals surface area contributed by atoms with Crippen LogP contribution in [0.1, 0.15) is 34.1 Å². The van der Waals surface area contributed by atoms with E-state index in [9.17, 15) is 9.59 Å². The first-order valence-electron chi connectivity index (χ1n) is 6.01. The Kier molecular flexibility index (Phi) is 7.13. The number of carbonyl (C=O) groups excluding carboxylic acids is 1. The van der Waals surface area contributed by atoms with Crippen molar-refractivity contribution in [2.45, 2.75) is 45.7 Å². The van der Waals surface area contributed by atoms with E-state index in [0.29, 0.717) is 0 Å². The van der Waals surface area contributed by atoms with Gasteiger partial charge in [0.05, 0.1) is 0 Å². The zero-order chi connectivity index (χ0) is 14.3. The van der Waals surface area contributed by atoms with Crippen LogP contribution in [0.15, 0.2) is 0 Å². The highest BCUT2D eigenvalue weighted by atomic mass is 32.2. The third-order valence-electron chi connectivity index (χ3n) is 2.54. The van der Waals surface area contributed by atoms with Crippen LogP contribution in [0.25, 0.3) is 0 Å². The van der Waals surface area contributed by atoms with Gasteiger partial charge in [0.25, 0.3) is 0 Å². The summed E-state index contributed by atoms with van der Waals surface area (Å²) in [5.41, 5.74) is -0.514. The molecule has 2 N–H and O–H groups in total. The van der Waals surface area contributed by atoms with Crippen molar-refractivity contribution < 1.29 is 14.7 Å². The molecule has 0 fully saturated rings. The summed E-state index contributed by atoms with van der Waals surface area (Å²) < 4.78 is 0. The molecule has 1 atom stereocenters. The Morgan fingerprint density at radius 3 is 2.28 bits per heavy atom. The smallest absolute Gasteiger partial charge is 0.323 e. The summed E-state index contributed by atoms with van der Waals surface area (Å²) in [5.74, 6) is -0.175. The van der Waals surface area contributed by atoms with Crippen LogP contribution in [0.4, 0.5) is 4.79 Å². The Bertz CT molecular complexity index is 290. The molecular weight excluding hydrogens is 252 g/mol. The number of urea groups is 1. The molecule has 106 valence electrons. The normalized spacial score (nSPS) is 12.9. The van der Waals surface area contributed by atoms with E-state index in [1.807, 2.05) is 34.0 Å². The van der Waals surface area contributed by atoms with Crippen molar-refractivity contribution in [1.82, 2.24) is 10.2 Å². The Morgan fingerprint density at radius 1 is 1.39 bits per heavy atom. The van der Waals surface area contributed by atoms with Crippen LogP contribution in [0.2, 0.25) is 0 Å². The molecule has 18 heavy (non-hydrogen) atoms. The molecule has 1 unspecified atom stereocenters. The van der Waals surface area contributed by atoms with Gasteiger partial charge >= 0.3 is 12.0 Å². The first-order chi connectivity index (χ1) is 8.22. The quantitative estimate of drug-likeness (QED) is 0.778. The summed E-state index contributed by atoms with van der Waals surface area (Å²) in [6, 6.07) is -0.239. The van der Waals surface area contributed by atoms with Gasteiger partial charge in [0.15, 0.2) is 0 Å². The molecule has 6 heteroatoms. The molecule has 0 saturated heterocycles. The minimum absolute atomic E-state index is 0.0751. The van der Waals surface area contributed by atoms with Gasteiger partial charge < -0.3 is 15.3 Å². The van der Waals surface area contributed by atoms with E-state index in [-0.39, 0.29) is 18.6 Å². The summed E-state index contributed by atoms with van der Waals surface area (Å²) in [7, 11) is 0. The largest absolute Gasteiger partial charge is 0.480 e. The maximum atomic E-state index is 12.1. The molecule has 0 aliphatic heterocycles. The Balaban J connectivity index is 4.70. The standard InChI is InChI=1S/C12H24N2O3S/c1-6-9(8-18-5)13-11(17)14(7-10(15)16)12(2,3)4/h9H,6-8H2,1-5H3,(H,13,17)(H,15,16). The van der Waals surface area contributed by atoms with E-state index in [1.54, 1.807) is 11.8 Å². The van der Waals surface area contributed by atoms with Crippen LogP contribution in [0.5, 0.6) is 0 Å². The van der Waals surface area contributed by atoms with Crippen LogP contribution in [0.3, 0.4) is 0 Å². The summed E-state index contributed by atoms with van der Waals surface area (Å²) in [5, 5.41) is 11.7. The molecule has 0 aromatic rings. The number of thioether (sulfide) groups is 1. The van der Waals surface area contributed by atoms with Crippen molar-refractivity contribution >= 4 is 23.8 Å². The van der Waals surface area contributed by atoms with E-state index in [4.69, 9.17) is 5.11 Å². The Morgan fingerprint density at radius 2 is 1.94 bits per heavy atom. The average molecular weight is 276 g/mol.